The first kappa shape index (κ1) is 12.6. The Labute approximate surface area is 110 Å². The molecule has 0 atom stereocenters. The van der Waals surface area contributed by atoms with E-state index in [1.54, 1.807) is 31.4 Å². The van der Waals surface area contributed by atoms with Crippen LogP contribution in [0.2, 0.25) is 5.02 Å². The topological polar surface area (TPSA) is 34.1 Å². The second-order valence-corrected chi connectivity index (χ2v) is 4.08. The van der Waals surface area contributed by atoms with E-state index in [0.29, 0.717) is 23.1 Å². The Kier molecular flexibility index (Phi) is 3.99. The Hall–Kier alpha value is -1.81. The molecule has 0 fully saturated rings. The SMILES string of the molecule is COc1ccc(CNc2cccc(F)n2)cc1Cl. The molecular formula is C13H12ClFN2O. The summed E-state index contributed by atoms with van der Waals surface area (Å²) in [5, 5.41) is 3.56. The molecule has 0 saturated carbocycles. The van der Waals surface area contributed by atoms with Crippen LogP contribution in [0.5, 0.6) is 5.75 Å². The van der Waals surface area contributed by atoms with Crippen molar-refractivity contribution in [3.63, 3.8) is 0 Å². The van der Waals surface area contributed by atoms with Crippen molar-refractivity contribution < 1.29 is 9.13 Å². The molecule has 0 saturated heterocycles. The van der Waals surface area contributed by atoms with Crippen molar-refractivity contribution in [1.29, 1.82) is 0 Å². The number of methoxy groups -OCH3 is 1. The van der Waals surface area contributed by atoms with Crippen molar-refractivity contribution in [1.82, 2.24) is 4.98 Å². The summed E-state index contributed by atoms with van der Waals surface area (Å²) >= 11 is 6.01. The van der Waals surface area contributed by atoms with Crippen molar-refractivity contribution in [2.45, 2.75) is 6.54 Å². The zero-order valence-electron chi connectivity index (χ0n) is 9.78. The van der Waals surface area contributed by atoms with E-state index < -0.39 is 5.95 Å². The molecule has 0 spiro atoms. The first-order valence-corrected chi connectivity index (χ1v) is 5.75. The van der Waals surface area contributed by atoms with Crippen molar-refractivity contribution in [2.75, 3.05) is 12.4 Å². The van der Waals surface area contributed by atoms with Crippen LogP contribution in [0.1, 0.15) is 5.56 Å². The molecule has 1 heterocycles. The minimum atomic E-state index is -0.507. The van der Waals surface area contributed by atoms with Crippen LogP contribution in [-0.2, 0) is 6.54 Å². The maximum absolute atomic E-state index is 12.9. The van der Waals surface area contributed by atoms with Crippen LogP contribution >= 0.6 is 11.6 Å². The summed E-state index contributed by atoms with van der Waals surface area (Å²) in [7, 11) is 1.57. The molecule has 5 heteroatoms. The van der Waals surface area contributed by atoms with E-state index in [1.165, 1.54) is 6.07 Å². The van der Waals surface area contributed by atoms with Crippen molar-refractivity contribution in [2.24, 2.45) is 0 Å². The number of anilines is 1. The smallest absolute Gasteiger partial charge is 0.214 e. The first-order valence-electron chi connectivity index (χ1n) is 5.38. The van der Waals surface area contributed by atoms with E-state index >= 15 is 0 Å². The van der Waals surface area contributed by atoms with E-state index in [9.17, 15) is 4.39 Å². The Morgan fingerprint density at radius 1 is 1.33 bits per heavy atom. The van der Waals surface area contributed by atoms with Gasteiger partial charge in [0.15, 0.2) is 0 Å². The highest BCUT2D eigenvalue weighted by Gasteiger charge is 2.02. The number of nitrogens with zero attached hydrogens (tertiary/aromatic N) is 1. The van der Waals surface area contributed by atoms with Crippen LogP contribution in [0.4, 0.5) is 10.2 Å². The molecule has 1 N–H and O–H groups in total. The molecule has 1 aromatic carbocycles. The zero-order valence-corrected chi connectivity index (χ0v) is 10.5. The van der Waals surface area contributed by atoms with Crippen molar-refractivity contribution in [3.05, 3.63) is 52.9 Å². The molecule has 0 aliphatic heterocycles. The lowest BCUT2D eigenvalue weighted by molar-refractivity contribution is 0.415. The van der Waals surface area contributed by atoms with E-state index in [1.807, 2.05) is 6.07 Å². The van der Waals surface area contributed by atoms with Gasteiger partial charge in [-0.3, -0.25) is 0 Å². The summed E-state index contributed by atoms with van der Waals surface area (Å²) in [6.07, 6.45) is 0. The molecule has 2 aromatic rings. The van der Waals surface area contributed by atoms with Gasteiger partial charge >= 0.3 is 0 Å². The minimum Gasteiger partial charge on any atom is -0.495 e. The fraction of sp³-hybridized carbons (Fsp3) is 0.154. The number of nitrogens with one attached hydrogen (secondary N) is 1. The summed E-state index contributed by atoms with van der Waals surface area (Å²) in [6.45, 7) is 0.514. The Balaban J connectivity index is 2.04. The lowest BCUT2D eigenvalue weighted by atomic mass is 10.2. The molecule has 0 amide bonds. The van der Waals surface area contributed by atoms with Gasteiger partial charge in [0, 0.05) is 6.54 Å². The number of aromatic nitrogens is 1. The van der Waals surface area contributed by atoms with Crippen LogP contribution in [0, 0.1) is 5.95 Å². The minimum absolute atomic E-state index is 0.488. The monoisotopic (exact) mass is 266 g/mol. The van der Waals surface area contributed by atoms with Crippen LogP contribution < -0.4 is 10.1 Å². The Morgan fingerprint density at radius 2 is 2.17 bits per heavy atom. The van der Waals surface area contributed by atoms with Crippen LogP contribution in [0.15, 0.2) is 36.4 Å². The van der Waals surface area contributed by atoms with Gasteiger partial charge in [0.25, 0.3) is 0 Å². The summed E-state index contributed by atoms with van der Waals surface area (Å²) in [6, 6.07) is 10.1. The normalized spacial score (nSPS) is 10.2. The van der Waals surface area contributed by atoms with Crippen LogP contribution in [0.25, 0.3) is 0 Å². The third-order valence-corrected chi connectivity index (χ3v) is 2.70. The fourth-order valence-electron chi connectivity index (χ4n) is 1.52. The fourth-order valence-corrected chi connectivity index (χ4v) is 1.80. The Bertz CT molecular complexity index is 548. The molecule has 3 nitrogen and oxygen atoms in total. The van der Waals surface area contributed by atoms with Gasteiger partial charge in [-0.05, 0) is 29.8 Å². The largest absolute Gasteiger partial charge is 0.495 e. The summed E-state index contributed by atoms with van der Waals surface area (Å²) < 4.78 is 17.9. The van der Waals surface area contributed by atoms with Gasteiger partial charge in [0.2, 0.25) is 5.95 Å². The molecule has 0 bridgehead atoms. The molecule has 18 heavy (non-hydrogen) atoms. The molecule has 0 unspecified atom stereocenters. The van der Waals surface area contributed by atoms with Crippen molar-refractivity contribution >= 4 is 17.4 Å². The van der Waals surface area contributed by atoms with Gasteiger partial charge in [-0.1, -0.05) is 23.7 Å². The van der Waals surface area contributed by atoms with Gasteiger partial charge < -0.3 is 10.1 Å². The zero-order chi connectivity index (χ0) is 13.0. The number of hydrogen-bond donors (Lipinski definition) is 1. The maximum atomic E-state index is 12.9. The standard InChI is InChI=1S/C13H12ClFN2O/c1-18-11-6-5-9(7-10(11)14)8-16-13-4-2-3-12(15)17-13/h2-7H,8H2,1H3,(H,16,17). The van der Waals surface area contributed by atoms with E-state index in [4.69, 9.17) is 16.3 Å². The van der Waals surface area contributed by atoms with E-state index in [0.717, 1.165) is 5.56 Å². The summed E-state index contributed by atoms with van der Waals surface area (Å²) in [5.74, 6) is 0.610. The molecule has 1 aromatic heterocycles. The van der Waals surface area contributed by atoms with Gasteiger partial charge in [-0.25, -0.2) is 4.98 Å². The highest BCUT2D eigenvalue weighted by atomic mass is 35.5. The highest BCUT2D eigenvalue weighted by molar-refractivity contribution is 6.32. The average molecular weight is 267 g/mol. The number of benzene rings is 1. The first-order chi connectivity index (χ1) is 8.69. The second-order valence-electron chi connectivity index (χ2n) is 3.67. The molecule has 0 radical (unpaired) electrons. The predicted molar refractivity (Wildman–Crippen MR) is 69.5 cm³/mol. The Morgan fingerprint density at radius 3 is 2.83 bits per heavy atom. The molecule has 0 aliphatic carbocycles. The number of pyridine rings is 1. The number of rotatable bonds is 4. The van der Waals surface area contributed by atoms with Crippen LogP contribution in [-0.4, -0.2) is 12.1 Å². The highest BCUT2D eigenvalue weighted by Crippen LogP contribution is 2.25. The van der Waals surface area contributed by atoms with E-state index in [-0.39, 0.29) is 0 Å². The number of halogens is 2. The number of hydrogen-bond acceptors (Lipinski definition) is 3. The second kappa shape index (κ2) is 5.69. The van der Waals surface area contributed by atoms with Crippen LogP contribution in [0.3, 0.4) is 0 Å². The predicted octanol–water partition coefficient (Wildman–Crippen LogP) is 3.49. The van der Waals surface area contributed by atoms with Crippen molar-refractivity contribution in [3.8, 4) is 5.75 Å². The third-order valence-electron chi connectivity index (χ3n) is 2.40. The number of ether oxygens (including phenoxy) is 1. The van der Waals surface area contributed by atoms with E-state index in [2.05, 4.69) is 10.3 Å². The third kappa shape index (κ3) is 3.11. The average Bonchev–Trinajstić information content (AvgIpc) is 2.37. The summed E-state index contributed by atoms with van der Waals surface area (Å²) in [4.78, 5) is 3.71. The lowest BCUT2D eigenvalue weighted by Crippen LogP contribution is -2.02. The molecule has 0 aliphatic rings. The quantitative estimate of drug-likeness (QED) is 0.860. The van der Waals surface area contributed by atoms with Gasteiger partial charge in [0.1, 0.15) is 11.6 Å². The van der Waals surface area contributed by atoms with Gasteiger partial charge in [-0.2, -0.15) is 4.39 Å². The molecular weight excluding hydrogens is 255 g/mol. The lowest BCUT2D eigenvalue weighted by Gasteiger charge is -2.08. The van der Waals surface area contributed by atoms with Gasteiger partial charge in [-0.15, -0.1) is 0 Å². The van der Waals surface area contributed by atoms with Gasteiger partial charge in [0.05, 0.1) is 12.1 Å². The summed E-state index contributed by atoms with van der Waals surface area (Å²) in [5.41, 5.74) is 0.965. The molecule has 94 valence electrons. The molecule has 2 rings (SSSR count). The maximum Gasteiger partial charge on any atom is 0.214 e.